The van der Waals surface area contributed by atoms with Crippen molar-refractivity contribution in [2.24, 2.45) is 5.92 Å². The molecule has 0 saturated carbocycles. The first-order chi connectivity index (χ1) is 10.6. The molecule has 4 nitrogen and oxygen atoms in total. The van der Waals surface area contributed by atoms with E-state index in [-0.39, 0.29) is 17.9 Å². The monoisotopic (exact) mass is 304 g/mol. The van der Waals surface area contributed by atoms with E-state index in [1.54, 1.807) is 0 Å². The van der Waals surface area contributed by atoms with Crippen molar-refractivity contribution >= 4 is 5.91 Å². The number of hydrogen-bond donors (Lipinski definition) is 1. The molecular formula is C18H28N2O2. The van der Waals surface area contributed by atoms with Crippen LogP contribution in [0.4, 0.5) is 0 Å². The van der Waals surface area contributed by atoms with Crippen molar-refractivity contribution in [3.05, 3.63) is 35.4 Å². The van der Waals surface area contributed by atoms with E-state index in [4.69, 9.17) is 4.74 Å². The van der Waals surface area contributed by atoms with Crippen molar-refractivity contribution in [2.75, 3.05) is 33.9 Å². The third-order valence-corrected chi connectivity index (χ3v) is 4.46. The normalized spacial score (nSPS) is 17.5. The fourth-order valence-electron chi connectivity index (χ4n) is 2.88. The molecule has 1 fully saturated rings. The lowest BCUT2D eigenvalue weighted by Gasteiger charge is -2.27. The molecule has 1 aromatic rings. The van der Waals surface area contributed by atoms with Crippen LogP contribution in [-0.4, -0.2) is 44.7 Å². The predicted molar refractivity (Wildman–Crippen MR) is 88.8 cm³/mol. The number of amides is 1. The van der Waals surface area contributed by atoms with Crippen LogP contribution in [0.1, 0.15) is 36.9 Å². The van der Waals surface area contributed by atoms with Gasteiger partial charge in [-0.2, -0.15) is 0 Å². The van der Waals surface area contributed by atoms with Gasteiger partial charge < -0.3 is 15.0 Å². The number of nitrogens with one attached hydrogen (secondary N) is 1. The lowest BCUT2D eigenvalue weighted by Crippen LogP contribution is -2.39. The summed E-state index contributed by atoms with van der Waals surface area (Å²) < 4.78 is 5.32. The Bertz CT molecular complexity index is 464. The summed E-state index contributed by atoms with van der Waals surface area (Å²) in [6, 6.07) is 8.89. The molecule has 0 aliphatic carbocycles. The molecule has 1 N–H and O–H groups in total. The van der Waals surface area contributed by atoms with Crippen molar-refractivity contribution in [2.45, 2.75) is 32.2 Å². The van der Waals surface area contributed by atoms with Crippen LogP contribution in [0.2, 0.25) is 0 Å². The number of nitrogens with zero attached hydrogens (tertiary/aromatic N) is 1. The number of hydrogen-bond acceptors (Lipinski definition) is 3. The first-order valence-electron chi connectivity index (χ1n) is 8.22. The summed E-state index contributed by atoms with van der Waals surface area (Å²) in [7, 11) is 4.11. The largest absolute Gasteiger partial charge is 0.381 e. The molecule has 1 aliphatic rings. The van der Waals surface area contributed by atoms with Gasteiger partial charge in [0.2, 0.25) is 5.91 Å². The van der Waals surface area contributed by atoms with Gasteiger partial charge >= 0.3 is 0 Å². The van der Waals surface area contributed by atoms with E-state index in [0.29, 0.717) is 19.8 Å². The molecule has 1 heterocycles. The van der Waals surface area contributed by atoms with Crippen molar-refractivity contribution in [3.63, 3.8) is 0 Å². The van der Waals surface area contributed by atoms with Gasteiger partial charge in [0, 0.05) is 25.7 Å². The maximum Gasteiger partial charge on any atom is 0.223 e. The number of likely N-dealkylation sites (N-methyl/N-ethyl adjacent to an activating group) is 1. The number of carbonyl (C=O) groups is 1. The van der Waals surface area contributed by atoms with Crippen LogP contribution in [0.5, 0.6) is 0 Å². The Hall–Kier alpha value is -1.39. The molecule has 0 spiro atoms. The molecule has 1 unspecified atom stereocenters. The highest BCUT2D eigenvalue weighted by Crippen LogP contribution is 2.19. The molecule has 2 rings (SSSR count). The minimum atomic E-state index is 0.110. The minimum absolute atomic E-state index is 0.110. The maximum absolute atomic E-state index is 12.3. The number of benzene rings is 1. The standard InChI is InChI=1S/C18H28N2O2/c1-4-14-5-7-15(8-6-14)17(20(2)3)13-19-18(21)16-9-11-22-12-10-16/h5-8,16-17H,4,9-13H2,1-3H3,(H,19,21). The van der Waals surface area contributed by atoms with Crippen LogP contribution < -0.4 is 5.32 Å². The molecule has 0 radical (unpaired) electrons. The quantitative estimate of drug-likeness (QED) is 0.877. The molecule has 1 saturated heterocycles. The summed E-state index contributed by atoms with van der Waals surface area (Å²) in [4.78, 5) is 14.4. The first-order valence-corrected chi connectivity index (χ1v) is 8.22. The van der Waals surface area contributed by atoms with Crippen LogP contribution in [0.3, 0.4) is 0 Å². The fourth-order valence-corrected chi connectivity index (χ4v) is 2.88. The summed E-state index contributed by atoms with van der Waals surface area (Å²) in [5.74, 6) is 0.277. The lowest BCUT2D eigenvalue weighted by atomic mass is 9.98. The van der Waals surface area contributed by atoms with E-state index in [0.717, 1.165) is 19.3 Å². The van der Waals surface area contributed by atoms with Crippen molar-refractivity contribution in [1.82, 2.24) is 10.2 Å². The molecule has 1 aliphatic heterocycles. The third kappa shape index (κ3) is 4.55. The van der Waals surface area contributed by atoms with Crippen molar-refractivity contribution in [1.29, 1.82) is 0 Å². The molecule has 0 bridgehead atoms. The van der Waals surface area contributed by atoms with Gasteiger partial charge in [0.15, 0.2) is 0 Å². The predicted octanol–water partition coefficient (Wildman–Crippen LogP) is 2.39. The zero-order chi connectivity index (χ0) is 15.9. The molecule has 4 heteroatoms. The van der Waals surface area contributed by atoms with Gasteiger partial charge in [-0.15, -0.1) is 0 Å². The molecule has 1 aromatic carbocycles. The summed E-state index contributed by atoms with van der Waals surface area (Å²) in [6.45, 7) is 4.21. The Morgan fingerprint density at radius 2 is 1.91 bits per heavy atom. The average molecular weight is 304 g/mol. The molecule has 1 atom stereocenters. The van der Waals surface area contributed by atoms with E-state index in [1.807, 2.05) is 0 Å². The highest BCUT2D eigenvalue weighted by molar-refractivity contribution is 5.78. The first kappa shape index (κ1) is 17.0. The summed E-state index contributed by atoms with van der Waals surface area (Å²) in [5.41, 5.74) is 2.59. The second kappa shape index (κ2) is 8.30. The van der Waals surface area contributed by atoms with Gasteiger partial charge in [0.25, 0.3) is 0 Å². The van der Waals surface area contributed by atoms with Crippen LogP contribution >= 0.6 is 0 Å². The van der Waals surface area contributed by atoms with Gasteiger partial charge in [-0.3, -0.25) is 4.79 Å². The highest BCUT2D eigenvalue weighted by atomic mass is 16.5. The number of rotatable bonds is 6. The summed E-state index contributed by atoms with van der Waals surface area (Å²) >= 11 is 0. The van der Waals surface area contributed by atoms with Gasteiger partial charge in [-0.1, -0.05) is 31.2 Å². The molecule has 122 valence electrons. The number of carbonyl (C=O) groups excluding carboxylic acids is 1. The lowest BCUT2D eigenvalue weighted by molar-refractivity contribution is -0.128. The minimum Gasteiger partial charge on any atom is -0.381 e. The third-order valence-electron chi connectivity index (χ3n) is 4.46. The Morgan fingerprint density at radius 1 is 1.27 bits per heavy atom. The van der Waals surface area contributed by atoms with Gasteiger partial charge in [0.05, 0.1) is 6.04 Å². The van der Waals surface area contributed by atoms with Crippen LogP contribution in [0, 0.1) is 5.92 Å². The summed E-state index contributed by atoms with van der Waals surface area (Å²) in [6.07, 6.45) is 2.72. The number of aryl methyl sites for hydroxylation is 1. The SMILES string of the molecule is CCc1ccc(C(CNC(=O)C2CCOCC2)N(C)C)cc1. The highest BCUT2D eigenvalue weighted by Gasteiger charge is 2.23. The maximum atomic E-state index is 12.3. The average Bonchev–Trinajstić information content (AvgIpc) is 2.56. The second-order valence-electron chi connectivity index (χ2n) is 6.21. The zero-order valence-electron chi connectivity index (χ0n) is 14.0. The van der Waals surface area contributed by atoms with Gasteiger partial charge in [0.1, 0.15) is 0 Å². The Balaban J connectivity index is 1.94. The van der Waals surface area contributed by atoms with Crippen molar-refractivity contribution < 1.29 is 9.53 Å². The molecule has 0 aromatic heterocycles. The summed E-state index contributed by atoms with van der Waals surface area (Å²) in [5, 5.41) is 3.12. The Kier molecular flexibility index (Phi) is 6.40. The Labute approximate surface area is 133 Å². The molecule has 1 amide bonds. The second-order valence-corrected chi connectivity index (χ2v) is 6.21. The van der Waals surface area contributed by atoms with E-state index >= 15 is 0 Å². The zero-order valence-corrected chi connectivity index (χ0v) is 14.0. The van der Waals surface area contributed by atoms with Crippen LogP contribution in [-0.2, 0) is 16.0 Å². The molecular weight excluding hydrogens is 276 g/mol. The van der Waals surface area contributed by atoms with E-state index in [9.17, 15) is 4.79 Å². The van der Waals surface area contributed by atoms with Crippen molar-refractivity contribution in [3.8, 4) is 0 Å². The molecule has 22 heavy (non-hydrogen) atoms. The van der Waals surface area contributed by atoms with Crippen LogP contribution in [0.15, 0.2) is 24.3 Å². The Morgan fingerprint density at radius 3 is 2.45 bits per heavy atom. The van der Waals surface area contributed by atoms with Gasteiger partial charge in [-0.25, -0.2) is 0 Å². The van der Waals surface area contributed by atoms with E-state index in [1.165, 1.54) is 11.1 Å². The van der Waals surface area contributed by atoms with E-state index in [2.05, 4.69) is 55.5 Å². The van der Waals surface area contributed by atoms with Crippen LogP contribution in [0.25, 0.3) is 0 Å². The number of ether oxygens (including phenoxy) is 1. The fraction of sp³-hybridized carbons (Fsp3) is 0.611. The topological polar surface area (TPSA) is 41.6 Å². The van der Waals surface area contributed by atoms with Gasteiger partial charge in [-0.05, 0) is 44.5 Å². The van der Waals surface area contributed by atoms with E-state index < -0.39 is 0 Å². The smallest absolute Gasteiger partial charge is 0.223 e.